The van der Waals surface area contributed by atoms with Crippen LogP contribution in [0.3, 0.4) is 0 Å². The molecule has 1 aliphatic rings. The average Bonchev–Trinajstić information content (AvgIpc) is 2.94. The quantitative estimate of drug-likeness (QED) is 0.223. The summed E-state index contributed by atoms with van der Waals surface area (Å²) in [6, 6.07) is 27.4. The third-order valence-electron chi connectivity index (χ3n) is 5.89. The van der Waals surface area contributed by atoms with Crippen LogP contribution in [-0.2, 0) is 13.0 Å². The molecule has 0 bridgehead atoms. The third kappa shape index (κ3) is 6.52. The van der Waals surface area contributed by atoms with Crippen molar-refractivity contribution in [1.29, 1.82) is 0 Å². The molecule has 0 aliphatic heterocycles. The zero-order valence-corrected chi connectivity index (χ0v) is 20.4. The first-order valence-electron chi connectivity index (χ1n) is 12.1. The summed E-state index contributed by atoms with van der Waals surface area (Å²) in [7, 11) is 0. The summed E-state index contributed by atoms with van der Waals surface area (Å²) in [6.07, 6.45) is 18.9. The van der Waals surface area contributed by atoms with Crippen LogP contribution in [0.2, 0.25) is 0 Å². The van der Waals surface area contributed by atoms with Crippen molar-refractivity contribution in [2.45, 2.75) is 13.0 Å². The SMILES string of the molecule is C=C/C=C\C=C/Cc1ccc(C/N=C2/C=CC=C/C2=C(/N=C)c2ccc(-c3ccccc3)cc2)cc1. The number of allylic oxidation sites excluding steroid dienone is 10. The van der Waals surface area contributed by atoms with E-state index in [0.29, 0.717) is 6.54 Å². The van der Waals surface area contributed by atoms with Crippen molar-refractivity contribution in [3.05, 3.63) is 162 Å². The van der Waals surface area contributed by atoms with Gasteiger partial charge in [0.25, 0.3) is 0 Å². The highest BCUT2D eigenvalue weighted by Gasteiger charge is 2.12. The molecule has 3 aromatic rings. The highest BCUT2D eigenvalue weighted by molar-refractivity contribution is 6.16. The summed E-state index contributed by atoms with van der Waals surface area (Å²) in [6.45, 7) is 8.14. The van der Waals surface area contributed by atoms with Crippen molar-refractivity contribution in [3.8, 4) is 11.1 Å². The number of hydrogen-bond donors (Lipinski definition) is 0. The average molecular weight is 467 g/mol. The second-order valence-corrected chi connectivity index (χ2v) is 8.35. The van der Waals surface area contributed by atoms with Gasteiger partial charge in [-0.1, -0.05) is 134 Å². The van der Waals surface area contributed by atoms with Crippen LogP contribution in [0.15, 0.2) is 156 Å². The van der Waals surface area contributed by atoms with Gasteiger partial charge in [-0.2, -0.15) is 0 Å². The molecule has 0 N–H and O–H groups in total. The van der Waals surface area contributed by atoms with Gasteiger partial charge in [0, 0.05) is 11.1 Å². The molecule has 4 rings (SSSR count). The molecular weight excluding hydrogens is 436 g/mol. The van der Waals surface area contributed by atoms with Crippen LogP contribution < -0.4 is 0 Å². The molecule has 0 saturated heterocycles. The van der Waals surface area contributed by atoms with Gasteiger partial charge in [0.15, 0.2) is 0 Å². The summed E-state index contributed by atoms with van der Waals surface area (Å²) in [5, 5.41) is 0. The predicted octanol–water partition coefficient (Wildman–Crippen LogP) is 8.37. The highest BCUT2D eigenvalue weighted by Crippen LogP contribution is 2.27. The second kappa shape index (κ2) is 12.8. The molecule has 0 radical (unpaired) electrons. The van der Waals surface area contributed by atoms with Gasteiger partial charge in [0.2, 0.25) is 0 Å². The van der Waals surface area contributed by atoms with Crippen molar-refractivity contribution in [2.75, 3.05) is 0 Å². The van der Waals surface area contributed by atoms with Gasteiger partial charge in [-0.15, -0.1) is 0 Å². The van der Waals surface area contributed by atoms with Crippen molar-refractivity contribution in [3.63, 3.8) is 0 Å². The van der Waals surface area contributed by atoms with Gasteiger partial charge in [-0.25, -0.2) is 0 Å². The molecule has 0 atom stereocenters. The molecule has 0 unspecified atom stereocenters. The lowest BCUT2D eigenvalue weighted by atomic mass is 9.97. The van der Waals surface area contributed by atoms with Crippen molar-refractivity contribution in [2.24, 2.45) is 9.98 Å². The molecule has 0 amide bonds. The number of aliphatic imine (C=N–C) groups is 2. The summed E-state index contributed by atoms with van der Waals surface area (Å²) in [5.41, 5.74) is 8.56. The van der Waals surface area contributed by atoms with Crippen molar-refractivity contribution in [1.82, 2.24) is 0 Å². The Balaban J connectivity index is 1.51. The summed E-state index contributed by atoms with van der Waals surface area (Å²) in [4.78, 5) is 9.32. The van der Waals surface area contributed by atoms with E-state index in [2.05, 4.69) is 103 Å². The summed E-state index contributed by atoms with van der Waals surface area (Å²) >= 11 is 0. The zero-order chi connectivity index (χ0) is 25.0. The van der Waals surface area contributed by atoms with E-state index < -0.39 is 0 Å². The van der Waals surface area contributed by atoms with Gasteiger partial charge < -0.3 is 0 Å². The fourth-order valence-electron chi connectivity index (χ4n) is 3.98. The van der Waals surface area contributed by atoms with Crippen LogP contribution in [0.5, 0.6) is 0 Å². The molecule has 0 heterocycles. The Bertz CT molecular complexity index is 1360. The highest BCUT2D eigenvalue weighted by atomic mass is 14.8. The Morgan fingerprint density at radius 2 is 1.42 bits per heavy atom. The molecule has 3 aromatic carbocycles. The lowest BCUT2D eigenvalue weighted by Crippen LogP contribution is -2.04. The maximum atomic E-state index is 4.92. The standard InChI is InChI=1S/C34H30N2/c1-3-4-5-6-8-13-27-18-20-28(21-19-27)26-36-33-17-12-11-16-32(33)34(35-2)31-24-22-30(23-25-31)29-14-9-7-10-15-29/h3-12,14-25H,1-2,13,26H2/b5-4-,8-6-,34-32-,36-33-. The first-order valence-corrected chi connectivity index (χ1v) is 12.1. The van der Waals surface area contributed by atoms with Crippen LogP contribution in [-0.4, -0.2) is 12.4 Å². The van der Waals surface area contributed by atoms with E-state index >= 15 is 0 Å². The molecule has 0 fully saturated rings. The fourth-order valence-corrected chi connectivity index (χ4v) is 3.98. The van der Waals surface area contributed by atoms with E-state index in [9.17, 15) is 0 Å². The second-order valence-electron chi connectivity index (χ2n) is 8.35. The smallest absolute Gasteiger partial charge is 0.0788 e. The zero-order valence-electron chi connectivity index (χ0n) is 20.4. The molecule has 176 valence electrons. The molecule has 1 aliphatic carbocycles. The minimum atomic E-state index is 0.604. The van der Waals surface area contributed by atoms with Gasteiger partial charge >= 0.3 is 0 Å². The number of benzene rings is 3. The van der Waals surface area contributed by atoms with Crippen LogP contribution in [0.4, 0.5) is 0 Å². The van der Waals surface area contributed by atoms with Crippen LogP contribution in [0.1, 0.15) is 16.7 Å². The van der Waals surface area contributed by atoms with E-state index in [1.807, 2.05) is 42.5 Å². The number of hydrogen-bond acceptors (Lipinski definition) is 2. The minimum Gasteiger partial charge on any atom is -0.280 e. The Morgan fingerprint density at radius 1 is 0.722 bits per heavy atom. The Hall–Kier alpha value is -4.56. The van der Waals surface area contributed by atoms with E-state index in [4.69, 9.17) is 4.99 Å². The lowest BCUT2D eigenvalue weighted by molar-refractivity contribution is 1.06. The normalized spacial score (nSPS) is 15.6. The molecule has 36 heavy (non-hydrogen) atoms. The van der Waals surface area contributed by atoms with Gasteiger partial charge in [-0.3, -0.25) is 9.98 Å². The van der Waals surface area contributed by atoms with Crippen LogP contribution >= 0.6 is 0 Å². The number of rotatable bonds is 9. The summed E-state index contributed by atoms with van der Waals surface area (Å²) in [5.74, 6) is 0. The molecule has 2 nitrogen and oxygen atoms in total. The Morgan fingerprint density at radius 3 is 2.14 bits per heavy atom. The van der Waals surface area contributed by atoms with Crippen LogP contribution in [0, 0.1) is 0 Å². The Kier molecular flexibility index (Phi) is 8.72. The number of nitrogens with zero attached hydrogens (tertiary/aromatic N) is 2. The molecule has 0 spiro atoms. The fraction of sp³-hybridized carbons (Fsp3) is 0.0588. The minimum absolute atomic E-state index is 0.604. The van der Waals surface area contributed by atoms with Crippen molar-refractivity contribution >= 4 is 18.1 Å². The predicted molar refractivity (Wildman–Crippen MR) is 156 cm³/mol. The summed E-state index contributed by atoms with van der Waals surface area (Å²) < 4.78 is 0. The molecule has 0 saturated carbocycles. The Labute approximate surface area is 214 Å². The van der Waals surface area contributed by atoms with Gasteiger partial charge in [0.1, 0.15) is 0 Å². The van der Waals surface area contributed by atoms with Gasteiger partial charge in [-0.05, 0) is 41.5 Å². The van der Waals surface area contributed by atoms with Crippen LogP contribution in [0.25, 0.3) is 16.8 Å². The third-order valence-corrected chi connectivity index (χ3v) is 5.89. The monoisotopic (exact) mass is 466 g/mol. The van der Waals surface area contributed by atoms with E-state index in [0.717, 1.165) is 29.0 Å². The molecular formula is C34H30N2. The first kappa shape index (κ1) is 24.6. The molecule has 0 aromatic heterocycles. The van der Waals surface area contributed by atoms with E-state index in [-0.39, 0.29) is 0 Å². The maximum absolute atomic E-state index is 4.92. The van der Waals surface area contributed by atoms with E-state index in [1.54, 1.807) is 6.08 Å². The van der Waals surface area contributed by atoms with Crippen molar-refractivity contribution < 1.29 is 0 Å². The lowest BCUT2D eigenvalue weighted by Gasteiger charge is -2.13. The molecule has 2 heteroatoms. The van der Waals surface area contributed by atoms with Gasteiger partial charge in [0.05, 0.1) is 18.0 Å². The topological polar surface area (TPSA) is 24.7 Å². The van der Waals surface area contributed by atoms with E-state index in [1.165, 1.54) is 22.3 Å². The first-order chi connectivity index (χ1) is 17.8. The maximum Gasteiger partial charge on any atom is 0.0788 e. The largest absolute Gasteiger partial charge is 0.280 e.